The van der Waals surface area contributed by atoms with E-state index in [-0.39, 0.29) is 29.3 Å². The molecular weight excluding hydrogens is 512 g/mol. The lowest BCUT2D eigenvalue weighted by molar-refractivity contribution is -0.140. The number of benzene rings is 2. The molecule has 0 radical (unpaired) electrons. The number of hydrogen-bond acceptors (Lipinski definition) is 7. The molecule has 2 aromatic carbocycles. The van der Waals surface area contributed by atoms with Crippen LogP contribution in [0, 0.1) is 6.92 Å². The summed E-state index contributed by atoms with van der Waals surface area (Å²) >= 11 is 0. The monoisotopic (exact) mass is 544 g/mol. The van der Waals surface area contributed by atoms with E-state index in [0.29, 0.717) is 32.6 Å². The molecule has 2 atom stereocenters. The van der Waals surface area contributed by atoms with Crippen LogP contribution in [0.2, 0.25) is 0 Å². The van der Waals surface area contributed by atoms with Crippen LogP contribution in [0.25, 0.3) is 0 Å². The van der Waals surface area contributed by atoms with Gasteiger partial charge in [0.25, 0.3) is 0 Å². The fraction of sp³-hybridized carbons (Fsp3) is 0.423. The molecule has 0 aliphatic carbocycles. The Morgan fingerprint density at radius 2 is 1.66 bits per heavy atom. The van der Waals surface area contributed by atoms with Crippen molar-refractivity contribution >= 4 is 33.7 Å². The van der Waals surface area contributed by atoms with Gasteiger partial charge in [-0.3, -0.25) is 9.69 Å². The number of nitrogens with one attached hydrogen (secondary N) is 1. The van der Waals surface area contributed by atoms with Crippen molar-refractivity contribution in [2.75, 3.05) is 37.6 Å². The van der Waals surface area contributed by atoms with Crippen molar-refractivity contribution in [3.63, 3.8) is 0 Å². The van der Waals surface area contributed by atoms with Gasteiger partial charge in [0.1, 0.15) is 17.8 Å². The molecule has 0 aromatic heterocycles. The molecule has 2 aliphatic heterocycles. The summed E-state index contributed by atoms with van der Waals surface area (Å²) in [6.07, 6.45) is 0.249. The number of hydrogen-bond donors (Lipinski definition) is 2. The number of aryl methyl sites for hydroxylation is 1. The van der Waals surface area contributed by atoms with E-state index >= 15 is 0 Å². The smallest absolute Gasteiger partial charge is 0.415 e. The third-order valence-electron chi connectivity index (χ3n) is 6.79. The van der Waals surface area contributed by atoms with Crippen molar-refractivity contribution in [2.45, 2.75) is 43.7 Å². The minimum atomic E-state index is -3.97. The quantitative estimate of drug-likeness (QED) is 0.541. The molecule has 11 nitrogen and oxygen atoms in total. The number of sulfonamides is 1. The number of aliphatic carboxylic acids is 1. The van der Waals surface area contributed by atoms with E-state index in [2.05, 4.69) is 5.32 Å². The number of ether oxygens (including phenoxy) is 1. The molecule has 12 heteroatoms. The molecule has 2 heterocycles. The second-order valence-corrected chi connectivity index (χ2v) is 11.3. The van der Waals surface area contributed by atoms with Crippen LogP contribution < -0.4 is 15.0 Å². The molecule has 0 spiro atoms. The second-order valence-electron chi connectivity index (χ2n) is 9.41. The predicted octanol–water partition coefficient (Wildman–Crippen LogP) is 2.06. The molecular formula is C26H32N4O7S. The minimum absolute atomic E-state index is 0.0799. The van der Waals surface area contributed by atoms with Crippen LogP contribution in [0.15, 0.2) is 53.4 Å². The minimum Gasteiger partial charge on any atom is -0.480 e. The summed E-state index contributed by atoms with van der Waals surface area (Å²) in [6.45, 7) is 5.78. The average Bonchev–Trinajstić information content (AvgIpc) is 3.41. The van der Waals surface area contributed by atoms with Crippen molar-refractivity contribution in [2.24, 2.45) is 0 Å². The van der Waals surface area contributed by atoms with E-state index in [1.807, 2.05) is 6.92 Å². The van der Waals surface area contributed by atoms with E-state index in [1.54, 1.807) is 17.0 Å². The number of amides is 2. The Balaban J connectivity index is 1.57. The van der Waals surface area contributed by atoms with Gasteiger partial charge in [-0.2, -0.15) is 4.31 Å². The highest BCUT2D eigenvalue weighted by Crippen LogP contribution is 2.30. The molecule has 2 saturated heterocycles. The summed E-state index contributed by atoms with van der Waals surface area (Å²) in [5, 5.41) is 12.9. The molecule has 4 rings (SSSR count). The Morgan fingerprint density at radius 3 is 2.26 bits per heavy atom. The summed E-state index contributed by atoms with van der Waals surface area (Å²) in [5.74, 6) is -1.62. The van der Waals surface area contributed by atoms with Gasteiger partial charge in [-0.1, -0.05) is 17.7 Å². The standard InChI is InChI=1S/C26H32N4O7S/c1-18-5-11-22(12-6-18)38(35,36)29-15-3-4-23(29)24(31)30(19(2)25(32)33)20-7-9-21(10-8-20)37-26(34)28-16-13-27-14-17-28/h5-12,19,23,27H,3-4,13-17H2,1-2H3,(H,32,33)/t19-,23-/m0/s1. The van der Waals surface area contributed by atoms with Crippen LogP contribution in [0.4, 0.5) is 10.5 Å². The van der Waals surface area contributed by atoms with Crippen molar-refractivity contribution in [1.29, 1.82) is 0 Å². The Kier molecular flexibility index (Phi) is 8.34. The predicted molar refractivity (Wildman–Crippen MR) is 140 cm³/mol. The highest BCUT2D eigenvalue weighted by Gasteiger charge is 2.43. The first-order valence-electron chi connectivity index (χ1n) is 12.5. The Bertz CT molecular complexity index is 1280. The number of nitrogens with zero attached hydrogens (tertiary/aromatic N) is 3. The molecule has 204 valence electrons. The number of carbonyl (C=O) groups is 3. The van der Waals surface area contributed by atoms with E-state index < -0.39 is 40.1 Å². The molecule has 38 heavy (non-hydrogen) atoms. The van der Waals surface area contributed by atoms with Gasteiger partial charge in [0.2, 0.25) is 15.9 Å². The lowest BCUT2D eigenvalue weighted by Gasteiger charge is -2.32. The van der Waals surface area contributed by atoms with E-state index in [9.17, 15) is 27.9 Å². The van der Waals surface area contributed by atoms with Crippen molar-refractivity contribution in [3.05, 3.63) is 54.1 Å². The van der Waals surface area contributed by atoms with Gasteiger partial charge in [0, 0.05) is 38.4 Å². The summed E-state index contributed by atoms with van der Waals surface area (Å²) in [7, 11) is -3.97. The van der Waals surface area contributed by atoms with Crippen molar-refractivity contribution in [1.82, 2.24) is 14.5 Å². The third-order valence-corrected chi connectivity index (χ3v) is 8.72. The number of carbonyl (C=O) groups excluding carboxylic acids is 2. The van der Waals surface area contributed by atoms with Crippen LogP contribution in [0.1, 0.15) is 25.3 Å². The Labute approximate surface area is 222 Å². The molecule has 2 aliphatic rings. The van der Waals surface area contributed by atoms with Gasteiger partial charge in [-0.25, -0.2) is 18.0 Å². The first kappa shape index (κ1) is 27.6. The van der Waals surface area contributed by atoms with Gasteiger partial charge >= 0.3 is 12.1 Å². The van der Waals surface area contributed by atoms with Gasteiger partial charge in [-0.15, -0.1) is 0 Å². The molecule has 2 aromatic rings. The summed E-state index contributed by atoms with van der Waals surface area (Å²) in [4.78, 5) is 40.9. The summed E-state index contributed by atoms with van der Waals surface area (Å²) in [6, 6.07) is 10.0. The second kappa shape index (κ2) is 11.5. The zero-order valence-corrected chi connectivity index (χ0v) is 22.2. The van der Waals surface area contributed by atoms with Crippen LogP contribution in [-0.4, -0.2) is 85.5 Å². The number of carboxylic acids is 1. The summed E-state index contributed by atoms with van der Waals surface area (Å²) in [5.41, 5.74) is 1.16. The number of rotatable bonds is 7. The molecule has 2 fully saturated rings. The van der Waals surface area contributed by atoms with Gasteiger partial charge in [0.05, 0.1) is 4.90 Å². The third kappa shape index (κ3) is 5.82. The Hall–Kier alpha value is -3.48. The molecule has 0 saturated carbocycles. The van der Waals surface area contributed by atoms with Gasteiger partial charge in [0.15, 0.2) is 0 Å². The maximum Gasteiger partial charge on any atom is 0.415 e. The lowest BCUT2D eigenvalue weighted by Crippen LogP contribution is -2.52. The van der Waals surface area contributed by atoms with E-state index in [1.165, 1.54) is 43.3 Å². The topological polar surface area (TPSA) is 137 Å². The molecule has 2 N–H and O–H groups in total. The maximum absolute atomic E-state index is 13.8. The molecule has 2 amide bonds. The van der Waals surface area contributed by atoms with Crippen LogP contribution in [0.5, 0.6) is 5.75 Å². The van der Waals surface area contributed by atoms with E-state index in [0.717, 1.165) is 14.8 Å². The SMILES string of the molecule is Cc1ccc(S(=O)(=O)N2CCC[C@H]2C(=O)N(c2ccc(OC(=O)N3CCNCC3)cc2)[C@@H](C)C(=O)O)cc1. The number of carboxylic acid groups (broad SMARTS) is 1. The average molecular weight is 545 g/mol. The number of piperazine rings is 1. The van der Waals surface area contributed by atoms with E-state index in [4.69, 9.17) is 4.74 Å². The van der Waals surface area contributed by atoms with Crippen LogP contribution in [0.3, 0.4) is 0 Å². The maximum atomic E-state index is 13.8. The Morgan fingerprint density at radius 1 is 1.03 bits per heavy atom. The van der Waals surface area contributed by atoms with Crippen LogP contribution >= 0.6 is 0 Å². The fourth-order valence-electron chi connectivity index (χ4n) is 4.62. The van der Waals surface area contributed by atoms with Crippen molar-refractivity contribution in [3.8, 4) is 5.75 Å². The zero-order valence-electron chi connectivity index (χ0n) is 21.4. The zero-order chi connectivity index (χ0) is 27.4. The highest BCUT2D eigenvalue weighted by molar-refractivity contribution is 7.89. The first-order chi connectivity index (χ1) is 18.1. The number of anilines is 1. The van der Waals surface area contributed by atoms with Gasteiger partial charge < -0.3 is 20.1 Å². The molecule has 0 bridgehead atoms. The first-order valence-corrected chi connectivity index (χ1v) is 14.0. The fourth-order valence-corrected chi connectivity index (χ4v) is 6.27. The van der Waals surface area contributed by atoms with Crippen LogP contribution in [-0.2, 0) is 19.6 Å². The molecule has 0 unspecified atom stereocenters. The normalized spacial score (nSPS) is 19.1. The largest absolute Gasteiger partial charge is 0.480 e. The highest BCUT2D eigenvalue weighted by atomic mass is 32.2. The lowest BCUT2D eigenvalue weighted by atomic mass is 10.1. The van der Waals surface area contributed by atoms with Gasteiger partial charge in [-0.05, 0) is 63.1 Å². The summed E-state index contributed by atoms with van der Waals surface area (Å²) < 4.78 is 33.4. The van der Waals surface area contributed by atoms with Crippen molar-refractivity contribution < 1.29 is 32.6 Å².